The number of fused-ring (bicyclic) bond motifs is 4. The number of ether oxygens (including phenoxy) is 8. The van der Waals surface area contributed by atoms with E-state index in [9.17, 15) is 24.0 Å². The highest BCUT2D eigenvalue weighted by Crippen LogP contribution is 2.28. The molecule has 2 N–H and O–H groups in total. The van der Waals surface area contributed by atoms with Crippen molar-refractivity contribution in [2.24, 2.45) is 0 Å². The van der Waals surface area contributed by atoms with Gasteiger partial charge in [-0.2, -0.15) is 0 Å². The fraction of sp³-hybridized carbons (Fsp3) is 0.406. The van der Waals surface area contributed by atoms with Gasteiger partial charge in [0.1, 0.15) is 0 Å². The summed E-state index contributed by atoms with van der Waals surface area (Å²) in [5.41, 5.74) is 8.33. The van der Waals surface area contributed by atoms with Gasteiger partial charge in [-0.3, -0.25) is 24.0 Å². The molecular weight excluding hydrogens is 1160 g/mol. The minimum atomic E-state index is -0.203. The summed E-state index contributed by atoms with van der Waals surface area (Å²) < 4.78 is 45.4. The SMILES string of the molecule is Cc1nnc(-c2ccc(CC(=O)N(CCOCCOCCOCCOCCC(=O)NCCC(=O)N3Cc4ccccc4C#Cc4ccccc43)CCOCCOCCOCCOCCC(=O)NCCC(=O)N3Cc4ccccc4C#Cc4ccccc43)cc2)nn1. The Morgan fingerprint density at radius 2 is 0.791 bits per heavy atom. The molecule has 6 aromatic rings. The Morgan fingerprint density at radius 3 is 1.22 bits per heavy atom. The fourth-order valence-corrected chi connectivity index (χ4v) is 9.50. The largest absolute Gasteiger partial charge is 0.379 e. The number of amides is 5. The van der Waals surface area contributed by atoms with Crippen molar-refractivity contribution in [2.75, 3.05) is 142 Å². The first-order valence-electron chi connectivity index (χ1n) is 30.7. The predicted octanol–water partition coefficient (Wildman–Crippen LogP) is 5.43. The van der Waals surface area contributed by atoms with Crippen molar-refractivity contribution in [1.29, 1.82) is 0 Å². The highest BCUT2D eigenvalue weighted by Gasteiger charge is 2.23. The van der Waals surface area contributed by atoms with E-state index in [2.05, 4.69) is 54.7 Å². The number of aromatic nitrogens is 4. The monoisotopic (exact) mass is 1240 g/mol. The molecule has 0 unspecified atom stereocenters. The number of hydrogen-bond donors (Lipinski definition) is 2. The molecule has 0 aliphatic carbocycles. The van der Waals surface area contributed by atoms with Gasteiger partial charge in [-0.1, -0.05) is 109 Å². The molecule has 2 aliphatic rings. The number of rotatable bonds is 39. The molecule has 2 aliphatic heterocycles. The van der Waals surface area contributed by atoms with Crippen molar-refractivity contribution in [1.82, 2.24) is 35.9 Å². The Balaban J connectivity index is 0.622. The first-order valence-corrected chi connectivity index (χ1v) is 30.7. The van der Waals surface area contributed by atoms with E-state index in [1.165, 1.54) is 0 Å². The van der Waals surface area contributed by atoms with Crippen LogP contribution in [0.3, 0.4) is 0 Å². The zero-order chi connectivity index (χ0) is 63.5. The molecule has 0 saturated heterocycles. The lowest BCUT2D eigenvalue weighted by atomic mass is 10.0. The summed E-state index contributed by atoms with van der Waals surface area (Å²) in [6.07, 6.45) is 0.755. The molecule has 0 spiro atoms. The number of nitrogens with one attached hydrogen (secondary N) is 2. The van der Waals surface area contributed by atoms with Crippen LogP contribution in [0.1, 0.15) is 70.5 Å². The second-order valence-electron chi connectivity index (χ2n) is 20.9. The molecule has 0 atom stereocenters. The van der Waals surface area contributed by atoms with Crippen LogP contribution >= 0.6 is 0 Å². The number of anilines is 2. The van der Waals surface area contributed by atoms with Crippen molar-refractivity contribution in [2.45, 2.75) is 52.1 Å². The first-order chi connectivity index (χ1) is 44.7. The summed E-state index contributed by atoms with van der Waals surface area (Å²) in [7, 11) is 0. The van der Waals surface area contributed by atoms with Crippen LogP contribution in [0, 0.1) is 30.6 Å². The first kappa shape index (κ1) is 68.1. The van der Waals surface area contributed by atoms with E-state index in [0.717, 1.165) is 55.9 Å². The smallest absolute Gasteiger partial charge is 0.229 e. The van der Waals surface area contributed by atoms with Crippen LogP contribution in [0.25, 0.3) is 11.4 Å². The highest BCUT2D eigenvalue weighted by atomic mass is 16.6. The molecule has 0 fully saturated rings. The lowest BCUT2D eigenvalue weighted by Crippen LogP contribution is -2.38. The molecule has 5 aromatic carbocycles. The summed E-state index contributed by atoms with van der Waals surface area (Å²) in [4.78, 5) is 70.7. The maximum Gasteiger partial charge on any atom is 0.229 e. The van der Waals surface area contributed by atoms with Gasteiger partial charge in [0.2, 0.25) is 35.4 Å². The minimum Gasteiger partial charge on any atom is -0.379 e. The van der Waals surface area contributed by atoms with Crippen molar-refractivity contribution in [3.63, 3.8) is 0 Å². The van der Waals surface area contributed by atoms with Gasteiger partial charge < -0.3 is 63.2 Å². The van der Waals surface area contributed by atoms with Gasteiger partial charge in [0, 0.05) is 79.7 Å². The topological polar surface area (TPSA) is 245 Å². The van der Waals surface area contributed by atoms with Crippen LogP contribution < -0.4 is 20.4 Å². The number of para-hydroxylation sites is 2. The fourth-order valence-electron chi connectivity index (χ4n) is 9.50. The number of carbonyl (C=O) groups excluding carboxylic acids is 5. The number of benzene rings is 5. The van der Waals surface area contributed by atoms with Crippen LogP contribution in [0.4, 0.5) is 11.4 Å². The standard InChI is InChI=1S/C69H79N9O13/c1-53-72-74-69(75-73-53)59-20-18-54(19-21-59)50-68(83)76(32-36-86-40-44-90-48-46-88-42-38-84-34-28-64(79)70-30-26-66(81)77-51-60-14-4-2-10-55(60)22-24-57-12-6-8-16-62(57)77)33-37-87-41-45-91-49-47-89-43-39-85-35-29-65(80)71-31-27-67(82)78-52-61-15-5-3-11-56(61)23-25-58-13-7-9-17-63(58)78/h2-21H,26-52H2,1H3,(H,70,79)(H,71,80). The van der Waals surface area contributed by atoms with Gasteiger partial charge in [0.05, 0.1) is 137 Å². The molecule has 22 heteroatoms. The quantitative estimate of drug-likeness (QED) is 0.0361. The average Bonchev–Trinajstić information content (AvgIpc) is 1.25. The zero-order valence-corrected chi connectivity index (χ0v) is 51.6. The van der Waals surface area contributed by atoms with Gasteiger partial charge in [-0.15, -0.1) is 20.4 Å². The normalized spacial score (nSPS) is 12.0. The van der Waals surface area contributed by atoms with Gasteiger partial charge in [-0.25, -0.2) is 0 Å². The molecular formula is C69H79N9O13. The zero-order valence-electron chi connectivity index (χ0n) is 51.6. The molecule has 91 heavy (non-hydrogen) atoms. The maximum atomic E-state index is 13.6. The van der Waals surface area contributed by atoms with Crippen LogP contribution in [-0.2, 0) is 81.4 Å². The Morgan fingerprint density at radius 1 is 0.429 bits per heavy atom. The highest BCUT2D eigenvalue weighted by molar-refractivity contribution is 5.96. The predicted molar refractivity (Wildman–Crippen MR) is 339 cm³/mol. The third kappa shape index (κ3) is 23.5. The Bertz CT molecular complexity index is 3250. The number of aryl methyl sites for hydroxylation is 1. The molecule has 1 aromatic heterocycles. The Labute approximate surface area is 531 Å². The number of nitrogens with zero attached hydrogens (tertiary/aromatic N) is 7. The number of hydrogen-bond acceptors (Lipinski definition) is 17. The third-order valence-corrected chi connectivity index (χ3v) is 14.4. The van der Waals surface area contributed by atoms with Gasteiger partial charge >= 0.3 is 0 Å². The number of carbonyl (C=O) groups is 5. The summed E-state index contributed by atoms with van der Waals surface area (Å²) in [5, 5.41) is 21.8. The van der Waals surface area contributed by atoms with Crippen LogP contribution in [0.15, 0.2) is 121 Å². The van der Waals surface area contributed by atoms with Crippen LogP contribution in [0.5, 0.6) is 0 Å². The molecule has 0 saturated carbocycles. The molecule has 3 heterocycles. The van der Waals surface area contributed by atoms with Crippen LogP contribution in [0.2, 0.25) is 0 Å². The second-order valence-corrected chi connectivity index (χ2v) is 20.9. The molecule has 0 bridgehead atoms. The third-order valence-electron chi connectivity index (χ3n) is 14.4. The van der Waals surface area contributed by atoms with E-state index < -0.39 is 0 Å². The van der Waals surface area contributed by atoms with Crippen LogP contribution in [-0.4, -0.2) is 187 Å². The minimum absolute atomic E-state index is 0.0910. The van der Waals surface area contributed by atoms with Gasteiger partial charge in [-0.05, 0) is 60.0 Å². The average molecular weight is 1240 g/mol. The molecule has 5 amide bonds. The Hall–Kier alpha value is -8.81. The van der Waals surface area contributed by atoms with E-state index in [4.69, 9.17) is 37.9 Å². The van der Waals surface area contributed by atoms with Gasteiger partial charge in [0.25, 0.3) is 0 Å². The van der Waals surface area contributed by atoms with Crippen molar-refractivity contribution < 1.29 is 61.9 Å². The van der Waals surface area contributed by atoms with E-state index in [0.29, 0.717) is 117 Å². The molecule has 22 nitrogen and oxygen atoms in total. The summed E-state index contributed by atoms with van der Waals surface area (Å²) >= 11 is 0. The van der Waals surface area contributed by atoms with Crippen molar-refractivity contribution in [3.8, 4) is 35.1 Å². The summed E-state index contributed by atoms with van der Waals surface area (Å²) in [6.45, 7) is 8.62. The van der Waals surface area contributed by atoms with E-state index >= 15 is 0 Å². The Kier molecular flexibility index (Phi) is 28.9. The summed E-state index contributed by atoms with van der Waals surface area (Å²) in [5.74, 6) is 13.0. The van der Waals surface area contributed by atoms with E-state index in [1.807, 2.05) is 121 Å². The lowest BCUT2D eigenvalue weighted by Gasteiger charge is -2.26. The molecule has 478 valence electrons. The van der Waals surface area contributed by atoms with E-state index in [1.54, 1.807) is 21.6 Å². The summed E-state index contributed by atoms with van der Waals surface area (Å²) in [6, 6.07) is 38.2. The van der Waals surface area contributed by atoms with Gasteiger partial charge in [0.15, 0.2) is 5.82 Å². The molecule has 0 radical (unpaired) electrons. The van der Waals surface area contributed by atoms with E-state index in [-0.39, 0.29) is 101 Å². The van der Waals surface area contributed by atoms with Crippen molar-refractivity contribution >= 4 is 40.9 Å². The molecule has 8 rings (SSSR count). The second kappa shape index (κ2) is 38.7. The lowest BCUT2D eigenvalue weighted by molar-refractivity contribution is -0.132. The maximum absolute atomic E-state index is 13.6. The van der Waals surface area contributed by atoms with Crippen molar-refractivity contribution in [3.05, 3.63) is 166 Å².